The highest BCUT2D eigenvalue weighted by atomic mass is 35.5. The molecule has 0 saturated carbocycles. The molecule has 0 aromatic heterocycles. The van der Waals surface area contributed by atoms with Gasteiger partial charge in [0, 0.05) is 24.0 Å². The third-order valence-corrected chi connectivity index (χ3v) is 7.56. The van der Waals surface area contributed by atoms with Crippen LogP contribution >= 0.6 is 35.0 Å². The first-order valence-corrected chi connectivity index (χ1v) is 9.98. The molecule has 0 radical (unpaired) electrons. The predicted octanol–water partition coefficient (Wildman–Crippen LogP) is 3.01. The molecule has 3 aliphatic rings. The number of halogens is 2. The maximum atomic E-state index is 12.8. The Morgan fingerprint density at radius 2 is 2.12 bits per heavy atom. The quantitative estimate of drug-likeness (QED) is 0.761. The summed E-state index contributed by atoms with van der Waals surface area (Å²) >= 11 is 13.7. The highest BCUT2D eigenvalue weighted by molar-refractivity contribution is 8.01. The number of anilines is 1. The lowest BCUT2D eigenvalue weighted by molar-refractivity contribution is -0.134. The molecular formula is C17H19Cl2N3O2S. The fourth-order valence-corrected chi connectivity index (χ4v) is 5.64. The van der Waals surface area contributed by atoms with Gasteiger partial charge in [0.2, 0.25) is 11.8 Å². The fraction of sp³-hybridized carbons (Fsp3) is 0.529. The summed E-state index contributed by atoms with van der Waals surface area (Å²) in [5, 5.41) is 7.15. The van der Waals surface area contributed by atoms with E-state index in [1.165, 1.54) is 11.8 Å². The van der Waals surface area contributed by atoms with Crippen molar-refractivity contribution in [2.75, 3.05) is 25.0 Å². The molecule has 4 rings (SSSR count). The van der Waals surface area contributed by atoms with Gasteiger partial charge in [-0.1, -0.05) is 23.2 Å². The number of likely N-dealkylation sites (tertiary alicyclic amines) is 1. The fourth-order valence-electron chi connectivity index (χ4n) is 3.87. The SMILES string of the molecule is C[C@H]1NCC[C@@H]1C(=O)N1CC[C@@]2(C1)Sc1cc(Cl)c(Cl)cc1NC2=O. The standard InChI is InChI=1S/C17H19Cl2N3O2S/c1-9-10(2-4-20-9)15(23)22-5-3-17(8-22)16(24)21-13-6-11(18)12(19)7-14(13)25-17/h6-7,9-10,20H,2-5,8H2,1H3,(H,21,24)/t9-,10+,17+/m1/s1. The van der Waals surface area contributed by atoms with Crippen LogP contribution in [0, 0.1) is 5.92 Å². The summed E-state index contributed by atoms with van der Waals surface area (Å²) in [4.78, 5) is 28.4. The van der Waals surface area contributed by atoms with Gasteiger partial charge in [-0.25, -0.2) is 0 Å². The zero-order valence-corrected chi connectivity index (χ0v) is 16.1. The lowest BCUT2D eigenvalue weighted by Gasteiger charge is -2.33. The Morgan fingerprint density at radius 3 is 2.84 bits per heavy atom. The lowest BCUT2D eigenvalue weighted by Crippen LogP contribution is -2.47. The number of carbonyl (C=O) groups is 2. The second-order valence-electron chi connectivity index (χ2n) is 6.96. The van der Waals surface area contributed by atoms with Crippen LogP contribution in [-0.2, 0) is 9.59 Å². The Bertz CT molecular complexity index is 760. The average Bonchev–Trinajstić information content (AvgIpc) is 3.18. The van der Waals surface area contributed by atoms with Crippen molar-refractivity contribution in [2.45, 2.75) is 35.4 Å². The van der Waals surface area contributed by atoms with Gasteiger partial charge in [0.15, 0.2) is 0 Å². The van der Waals surface area contributed by atoms with E-state index in [1.807, 2.05) is 11.8 Å². The first-order valence-electron chi connectivity index (χ1n) is 8.41. The molecule has 3 heterocycles. The summed E-state index contributed by atoms with van der Waals surface area (Å²) in [5.74, 6) is 0.103. The van der Waals surface area contributed by atoms with Crippen molar-refractivity contribution >= 4 is 52.5 Å². The molecule has 25 heavy (non-hydrogen) atoms. The van der Waals surface area contributed by atoms with Gasteiger partial charge in [-0.15, -0.1) is 11.8 Å². The van der Waals surface area contributed by atoms with E-state index in [1.54, 1.807) is 12.1 Å². The maximum absolute atomic E-state index is 12.8. The van der Waals surface area contributed by atoms with Crippen molar-refractivity contribution in [3.8, 4) is 0 Å². The predicted molar refractivity (Wildman–Crippen MR) is 100 cm³/mol. The minimum atomic E-state index is -0.644. The molecule has 1 spiro atoms. The van der Waals surface area contributed by atoms with Crippen molar-refractivity contribution in [1.82, 2.24) is 10.2 Å². The number of hydrogen-bond donors (Lipinski definition) is 2. The molecule has 2 fully saturated rings. The number of nitrogens with zero attached hydrogens (tertiary/aromatic N) is 1. The summed E-state index contributed by atoms with van der Waals surface area (Å²) < 4.78 is -0.644. The number of nitrogens with one attached hydrogen (secondary N) is 2. The van der Waals surface area contributed by atoms with Crippen molar-refractivity contribution in [1.29, 1.82) is 0 Å². The molecular weight excluding hydrogens is 381 g/mol. The van der Waals surface area contributed by atoms with Crippen LogP contribution < -0.4 is 10.6 Å². The van der Waals surface area contributed by atoms with Gasteiger partial charge in [-0.3, -0.25) is 9.59 Å². The molecule has 0 bridgehead atoms. The summed E-state index contributed by atoms with van der Waals surface area (Å²) in [5.41, 5.74) is 0.688. The van der Waals surface area contributed by atoms with Gasteiger partial charge in [0.25, 0.3) is 0 Å². The van der Waals surface area contributed by atoms with Crippen LogP contribution in [0.2, 0.25) is 10.0 Å². The van der Waals surface area contributed by atoms with Crippen molar-refractivity contribution in [3.05, 3.63) is 22.2 Å². The molecule has 3 aliphatic heterocycles. The van der Waals surface area contributed by atoms with Gasteiger partial charge in [0.05, 0.1) is 21.7 Å². The molecule has 3 atom stereocenters. The summed E-state index contributed by atoms with van der Waals surface area (Å²) in [6.45, 7) is 3.97. The highest BCUT2D eigenvalue weighted by Gasteiger charge is 2.50. The Morgan fingerprint density at radius 1 is 1.36 bits per heavy atom. The second-order valence-corrected chi connectivity index (χ2v) is 9.20. The number of amides is 2. The molecule has 1 aromatic rings. The number of thioether (sulfide) groups is 1. The number of hydrogen-bond acceptors (Lipinski definition) is 4. The Labute approximate surface area is 160 Å². The van der Waals surface area contributed by atoms with Crippen molar-refractivity contribution < 1.29 is 9.59 Å². The first-order chi connectivity index (χ1) is 11.9. The monoisotopic (exact) mass is 399 g/mol. The van der Waals surface area contributed by atoms with Crippen LogP contribution in [0.3, 0.4) is 0 Å². The van der Waals surface area contributed by atoms with E-state index >= 15 is 0 Å². The van der Waals surface area contributed by atoms with Gasteiger partial charge >= 0.3 is 0 Å². The molecule has 2 N–H and O–H groups in total. The van der Waals surface area contributed by atoms with Gasteiger partial charge < -0.3 is 15.5 Å². The van der Waals surface area contributed by atoms with Crippen LogP contribution in [0.4, 0.5) is 5.69 Å². The van der Waals surface area contributed by atoms with Crippen LogP contribution in [0.15, 0.2) is 17.0 Å². The maximum Gasteiger partial charge on any atom is 0.242 e. The van der Waals surface area contributed by atoms with Gasteiger partial charge in [-0.05, 0) is 38.4 Å². The minimum absolute atomic E-state index is 0.00680. The van der Waals surface area contributed by atoms with E-state index in [9.17, 15) is 9.59 Å². The zero-order chi connectivity index (χ0) is 17.8. The molecule has 2 amide bonds. The van der Waals surface area contributed by atoms with Gasteiger partial charge in [0.1, 0.15) is 4.75 Å². The molecule has 0 unspecified atom stereocenters. The van der Waals surface area contributed by atoms with E-state index in [0.717, 1.165) is 17.9 Å². The highest BCUT2D eigenvalue weighted by Crippen LogP contribution is 2.49. The number of carbonyl (C=O) groups excluding carboxylic acids is 2. The van der Waals surface area contributed by atoms with E-state index in [0.29, 0.717) is 35.2 Å². The van der Waals surface area contributed by atoms with Gasteiger partial charge in [-0.2, -0.15) is 0 Å². The van der Waals surface area contributed by atoms with Crippen LogP contribution in [0.25, 0.3) is 0 Å². The van der Waals surface area contributed by atoms with Crippen molar-refractivity contribution in [3.63, 3.8) is 0 Å². The largest absolute Gasteiger partial charge is 0.340 e. The second kappa shape index (κ2) is 6.34. The number of rotatable bonds is 1. The molecule has 1 aromatic carbocycles. The van der Waals surface area contributed by atoms with Crippen LogP contribution in [-0.4, -0.2) is 47.1 Å². The van der Waals surface area contributed by atoms with Crippen LogP contribution in [0.5, 0.6) is 0 Å². The molecule has 134 valence electrons. The molecule has 5 nitrogen and oxygen atoms in total. The van der Waals surface area contributed by atoms with E-state index < -0.39 is 4.75 Å². The summed E-state index contributed by atoms with van der Waals surface area (Å²) in [6.07, 6.45) is 1.50. The third kappa shape index (κ3) is 2.93. The average molecular weight is 400 g/mol. The normalized spacial score (nSPS) is 31.3. The van der Waals surface area contributed by atoms with Crippen LogP contribution in [0.1, 0.15) is 19.8 Å². The third-order valence-electron chi connectivity index (χ3n) is 5.38. The van der Waals surface area contributed by atoms with Crippen molar-refractivity contribution in [2.24, 2.45) is 5.92 Å². The number of fused-ring (bicyclic) bond motifs is 1. The Kier molecular flexibility index (Phi) is 4.43. The Hall–Kier alpha value is -0.950. The van der Waals surface area contributed by atoms with E-state index in [-0.39, 0.29) is 23.8 Å². The minimum Gasteiger partial charge on any atom is -0.340 e. The topological polar surface area (TPSA) is 61.4 Å². The smallest absolute Gasteiger partial charge is 0.242 e. The first kappa shape index (κ1) is 17.5. The lowest BCUT2D eigenvalue weighted by atomic mass is 10.0. The molecule has 2 saturated heterocycles. The Balaban J connectivity index is 1.56. The number of benzene rings is 1. The van der Waals surface area contributed by atoms with E-state index in [4.69, 9.17) is 23.2 Å². The zero-order valence-electron chi connectivity index (χ0n) is 13.8. The summed E-state index contributed by atoms with van der Waals surface area (Å²) in [7, 11) is 0. The summed E-state index contributed by atoms with van der Waals surface area (Å²) in [6, 6.07) is 3.66. The molecule has 8 heteroatoms. The molecule has 0 aliphatic carbocycles. The van der Waals surface area contributed by atoms with E-state index in [2.05, 4.69) is 10.6 Å².